The van der Waals surface area contributed by atoms with Crippen molar-refractivity contribution in [1.29, 1.82) is 0 Å². The molecule has 1 heterocycles. The molecule has 0 aromatic rings. The number of hydrogen-bond donors (Lipinski definition) is 1. The molecule has 0 aliphatic carbocycles. The highest BCUT2D eigenvalue weighted by molar-refractivity contribution is 6.81. The van der Waals surface area contributed by atoms with E-state index in [9.17, 15) is 5.21 Å². The quantitative estimate of drug-likeness (QED) is 0.678. The van der Waals surface area contributed by atoms with Crippen LogP contribution in [-0.4, -0.2) is 31.4 Å². The van der Waals surface area contributed by atoms with Crippen molar-refractivity contribution in [2.75, 3.05) is 13.1 Å². The van der Waals surface area contributed by atoms with E-state index in [4.69, 9.17) is 0 Å². The Morgan fingerprint density at radius 3 is 1.93 bits per heavy atom. The molecule has 84 valence electrons. The van der Waals surface area contributed by atoms with Gasteiger partial charge in [-0.15, -0.1) is 0 Å². The number of hydroxylamine groups is 2. The van der Waals surface area contributed by atoms with E-state index in [0.717, 1.165) is 18.6 Å². The summed E-state index contributed by atoms with van der Waals surface area (Å²) in [5, 5.41) is 11.3. The standard InChI is InChI=1S/C11H25NOSi/c1-11(2,3)14(4,5)10-6-8-12(13)9-7-10/h10,13H,6-9H2,1-5H3. The molecule has 0 saturated carbocycles. The Bertz CT molecular complexity index is 190. The van der Waals surface area contributed by atoms with E-state index in [0.29, 0.717) is 5.04 Å². The predicted octanol–water partition coefficient (Wildman–Crippen LogP) is 3.35. The molecule has 1 N–H and O–H groups in total. The SMILES string of the molecule is CC(C)(C)[Si](C)(C)C1CCN(O)CC1. The van der Waals surface area contributed by atoms with E-state index in [1.807, 2.05) is 0 Å². The molecule has 1 aliphatic heterocycles. The van der Waals surface area contributed by atoms with Crippen LogP contribution in [0.3, 0.4) is 0 Å². The Labute approximate surface area is 89.3 Å². The molecule has 0 atom stereocenters. The van der Waals surface area contributed by atoms with Gasteiger partial charge in [-0.1, -0.05) is 33.9 Å². The molecule has 0 bridgehead atoms. The van der Waals surface area contributed by atoms with Crippen LogP contribution in [0, 0.1) is 0 Å². The van der Waals surface area contributed by atoms with Crippen molar-refractivity contribution in [2.45, 2.75) is 57.3 Å². The molecule has 0 spiro atoms. The first-order valence-corrected chi connectivity index (χ1v) is 8.76. The number of hydrogen-bond acceptors (Lipinski definition) is 2. The number of nitrogens with zero attached hydrogens (tertiary/aromatic N) is 1. The first-order valence-electron chi connectivity index (χ1n) is 5.69. The minimum Gasteiger partial charge on any atom is -0.314 e. The van der Waals surface area contributed by atoms with Crippen LogP contribution >= 0.6 is 0 Å². The van der Waals surface area contributed by atoms with Crippen LogP contribution in [0.1, 0.15) is 33.6 Å². The van der Waals surface area contributed by atoms with Crippen molar-refractivity contribution in [3.8, 4) is 0 Å². The number of rotatable bonds is 1. The second-order valence-electron chi connectivity index (χ2n) is 6.20. The van der Waals surface area contributed by atoms with E-state index in [1.54, 1.807) is 0 Å². The molecule has 2 nitrogen and oxygen atoms in total. The lowest BCUT2D eigenvalue weighted by Gasteiger charge is -2.46. The van der Waals surface area contributed by atoms with Gasteiger partial charge in [0.25, 0.3) is 0 Å². The van der Waals surface area contributed by atoms with E-state index >= 15 is 0 Å². The highest BCUT2D eigenvalue weighted by Crippen LogP contribution is 2.47. The lowest BCUT2D eigenvalue weighted by atomic mass is 10.1. The smallest absolute Gasteiger partial charge is 0.0559 e. The Hall–Kier alpha value is 0.137. The lowest BCUT2D eigenvalue weighted by molar-refractivity contribution is -0.103. The Morgan fingerprint density at radius 1 is 1.14 bits per heavy atom. The van der Waals surface area contributed by atoms with Crippen LogP contribution < -0.4 is 0 Å². The first-order chi connectivity index (χ1) is 6.25. The van der Waals surface area contributed by atoms with Crippen LogP contribution in [0.4, 0.5) is 0 Å². The zero-order valence-electron chi connectivity index (χ0n) is 10.3. The summed E-state index contributed by atoms with van der Waals surface area (Å²) in [7, 11) is -1.17. The summed E-state index contributed by atoms with van der Waals surface area (Å²) in [4.78, 5) is 0. The fourth-order valence-electron chi connectivity index (χ4n) is 2.20. The zero-order valence-corrected chi connectivity index (χ0v) is 11.3. The highest BCUT2D eigenvalue weighted by atomic mass is 28.3. The molecule has 0 amide bonds. The summed E-state index contributed by atoms with van der Waals surface area (Å²) in [6.45, 7) is 13.9. The zero-order chi connectivity index (χ0) is 11.0. The maximum absolute atomic E-state index is 9.34. The van der Waals surface area contributed by atoms with Crippen molar-refractivity contribution >= 4 is 8.07 Å². The molecule has 1 fully saturated rings. The summed E-state index contributed by atoms with van der Waals surface area (Å²) in [6.07, 6.45) is 2.37. The molecule has 0 aromatic carbocycles. The highest BCUT2D eigenvalue weighted by Gasteiger charge is 2.42. The van der Waals surface area contributed by atoms with E-state index < -0.39 is 8.07 Å². The average molecular weight is 215 g/mol. The molecule has 1 saturated heterocycles. The lowest BCUT2D eigenvalue weighted by Crippen LogP contribution is -2.46. The van der Waals surface area contributed by atoms with Gasteiger partial charge in [0, 0.05) is 13.1 Å². The van der Waals surface area contributed by atoms with Gasteiger partial charge in [-0.25, -0.2) is 0 Å². The maximum atomic E-state index is 9.34. The molecule has 0 radical (unpaired) electrons. The Morgan fingerprint density at radius 2 is 1.57 bits per heavy atom. The van der Waals surface area contributed by atoms with Gasteiger partial charge in [0.05, 0.1) is 8.07 Å². The Kier molecular flexibility index (Phi) is 3.44. The number of piperidine rings is 1. The second kappa shape index (κ2) is 3.95. The van der Waals surface area contributed by atoms with Crippen LogP contribution in [0.2, 0.25) is 23.7 Å². The largest absolute Gasteiger partial charge is 0.314 e. The van der Waals surface area contributed by atoms with Crippen molar-refractivity contribution in [1.82, 2.24) is 5.06 Å². The van der Waals surface area contributed by atoms with Crippen molar-refractivity contribution in [3.05, 3.63) is 0 Å². The maximum Gasteiger partial charge on any atom is 0.0559 e. The monoisotopic (exact) mass is 215 g/mol. The minimum absolute atomic E-state index is 0.481. The third-order valence-corrected chi connectivity index (χ3v) is 10.9. The molecule has 1 rings (SSSR count). The van der Waals surface area contributed by atoms with Crippen molar-refractivity contribution in [3.63, 3.8) is 0 Å². The third-order valence-electron chi connectivity index (χ3n) is 4.42. The topological polar surface area (TPSA) is 23.5 Å². The van der Waals surface area contributed by atoms with Gasteiger partial charge in [0.15, 0.2) is 0 Å². The fourth-order valence-corrected chi connectivity index (χ4v) is 5.13. The normalized spacial score (nSPS) is 22.7. The summed E-state index contributed by atoms with van der Waals surface area (Å²) in [5.74, 6) is 0. The van der Waals surface area contributed by atoms with Gasteiger partial charge in [-0.05, 0) is 23.4 Å². The van der Waals surface area contributed by atoms with Gasteiger partial charge in [-0.3, -0.25) is 0 Å². The summed E-state index contributed by atoms with van der Waals surface area (Å²) < 4.78 is 0. The van der Waals surface area contributed by atoms with Crippen LogP contribution in [0.25, 0.3) is 0 Å². The van der Waals surface area contributed by atoms with Gasteiger partial charge < -0.3 is 5.21 Å². The second-order valence-corrected chi connectivity index (χ2v) is 12.0. The van der Waals surface area contributed by atoms with E-state index in [2.05, 4.69) is 33.9 Å². The average Bonchev–Trinajstić information content (AvgIpc) is 2.03. The van der Waals surface area contributed by atoms with Crippen molar-refractivity contribution < 1.29 is 5.21 Å². The van der Waals surface area contributed by atoms with Crippen LogP contribution in [0.15, 0.2) is 0 Å². The molecule has 0 unspecified atom stereocenters. The van der Waals surface area contributed by atoms with Gasteiger partial charge in [-0.2, -0.15) is 5.06 Å². The van der Waals surface area contributed by atoms with Crippen molar-refractivity contribution in [2.24, 2.45) is 0 Å². The summed E-state index contributed by atoms with van der Waals surface area (Å²) in [6, 6.07) is 0. The van der Waals surface area contributed by atoms with Gasteiger partial charge >= 0.3 is 0 Å². The predicted molar refractivity (Wildman–Crippen MR) is 63.5 cm³/mol. The van der Waals surface area contributed by atoms with Gasteiger partial charge in [0.2, 0.25) is 0 Å². The van der Waals surface area contributed by atoms with Crippen LogP contribution in [-0.2, 0) is 0 Å². The van der Waals surface area contributed by atoms with Gasteiger partial charge in [0.1, 0.15) is 0 Å². The summed E-state index contributed by atoms with van der Waals surface area (Å²) >= 11 is 0. The minimum atomic E-state index is -1.17. The van der Waals surface area contributed by atoms with Crippen LogP contribution in [0.5, 0.6) is 0 Å². The van der Waals surface area contributed by atoms with E-state index in [1.165, 1.54) is 17.9 Å². The fraction of sp³-hybridized carbons (Fsp3) is 1.00. The molecular formula is C11H25NOSi. The van der Waals surface area contributed by atoms with E-state index in [-0.39, 0.29) is 0 Å². The first kappa shape index (κ1) is 12.2. The third kappa shape index (κ3) is 2.38. The molecule has 1 aliphatic rings. The molecular weight excluding hydrogens is 190 g/mol. The summed E-state index contributed by atoms with van der Waals surface area (Å²) in [5.41, 5.74) is 0.880. The molecule has 0 aromatic heterocycles. The molecule has 3 heteroatoms. The molecule has 14 heavy (non-hydrogen) atoms. The Balaban J connectivity index is 2.65.